The molecule has 3 aromatic rings. The van der Waals surface area contributed by atoms with Crippen molar-refractivity contribution >= 4 is 17.5 Å². The van der Waals surface area contributed by atoms with E-state index in [-0.39, 0.29) is 23.8 Å². The minimum atomic E-state index is -4.45. The molecule has 12 heteroatoms. The lowest BCUT2D eigenvalue weighted by atomic mass is 10.1. The summed E-state index contributed by atoms with van der Waals surface area (Å²) < 4.78 is 44.1. The number of nitrogens with two attached hydrogens (primary N) is 1. The number of alkyl halides is 3. The SMILES string of the molecule is NC(=O)c1ccc(NC(=O)CN2CCN(Cc3nc(-c4cccc(C(F)(F)F)c4)no3)CC2)cc1. The fourth-order valence-electron chi connectivity index (χ4n) is 3.69. The number of hydrogen-bond acceptors (Lipinski definition) is 7. The number of amides is 2. The Morgan fingerprint density at radius 1 is 1.03 bits per heavy atom. The average Bonchev–Trinajstić information content (AvgIpc) is 3.29. The van der Waals surface area contributed by atoms with Crippen molar-refractivity contribution in [3.63, 3.8) is 0 Å². The number of carbonyl (C=O) groups excluding carboxylic acids is 2. The Morgan fingerprint density at radius 3 is 2.37 bits per heavy atom. The van der Waals surface area contributed by atoms with Gasteiger partial charge < -0.3 is 15.6 Å². The third-order valence-electron chi connectivity index (χ3n) is 5.56. The monoisotopic (exact) mass is 488 g/mol. The molecule has 0 bridgehead atoms. The number of anilines is 1. The topological polar surface area (TPSA) is 118 Å². The Morgan fingerprint density at radius 2 is 1.71 bits per heavy atom. The van der Waals surface area contributed by atoms with Crippen molar-refractivity contribution in [2.45, 2.75) is 12.7 Å². The summed E-state index contributed by atoms with van der Waals surface area (Å²) in [7, 11) is 0. The molecule has 2 aromatic carbocycles. The van der Waals surface area contributed by atoms with Crippen molar-refractivity contribution in [1.82, 2.24) is 19.9 Å². The molecule has 1 fully saturated rings. The quantitative estimate of drug-likeness (QED) is 0.525. The first-order valence-electron chi connectivity index (χ1n) is 10.8. The van der Waals surface area contributed by atoms with Gasteiger partial charge in [-0.05, 0) is 36.4 Å². The van der Waals surface area contributed by atoms with Crippen molar-refractivity contribution in [2.24, 2.45) is 5.73 Å². The van der Waals surface area contributed by atoms with E-state index in [2.05, 4.69) is 20.4 Å². The second-order valence-electron chi connectivity index (χ2n) is 8.13. The van der Waals surface area contributed by atoms with Gasteiger partial charge in [0.1, 0.15) is 0 Å². The molecule has 0 atom stereocenters. The van der Waals surface area contributed by atoms with Gasteiger partial charge in [-0.15, -0.1) is 0 Å². The van der Waals surface area contributed by atoms with Crippen molar-refractivity contribution in [3.8, 4) is 11.4 Å². The van der Waals surface area contributed by atoms with E-state index in [1.807, 2.05) is 4.90 Å². The number of rotatable bonds is 7. The van der Waals surface area contributed by atoms with Gasteiger partial charge in [0.15, 0.2) is 0 Å². The number of nitrogens with one attached hydrogen (secondary N) is 1. The molecule has 1 saturated heterocycles. The van der Waals surface area contributed by atoms with E-state index >= 15 is 0 Å². The molecule has 3 N–H and O–H groups in total. The van der Waals surface area contributed by atoms with E-state index < -0.39 is 17.6 Å². The molecule has 1 aromatic heterocycles. The first kappa shape index (κ1) is 24.4. The first-order chi connectivity index (χ1) is 16.7. The normalized spacial score (nSPS) is 15.2. The maximum atomic E-state index is 12.9. The number of piperazine rings is 1. The second kappa shape index (κ2) is 10.2. The summed E-state index contributed by atoms with van der Waals surface area (Å²) >= 11 is 0. The van der Waals surface area contributed by atoms with E-state index in [0.29, 0.717) is 49.9 Å². The van der Waals surface area contributed by atoms with Gasteiger partial charge in [0.25, 0.3) is 0 Å². The summed E-state index contributed by atoms with van der Waals surface area (Å²) in [5.41, 5.74) is 5.60. The van der Waals surface area contributed by atoms with Crippen LogP contribution < -0.4 is 11.1 Å². The molecule has 0 aliphatic carbocycles. The van der Waals surface area contributed by atoms with E-state index in [0.717, 1.165) is 12.1 Å². The minimum Gasteiger partial charge on any atom is -0.366 e. The Labute approximate surface area is 198 Å². The maximum Gasteiger partial charge on any atom is 0.416 e. The van der Waals surface area contributed by atoms with Gasteiger partial charge >= 0.3 is 6.18 Å². The zero-order valence-electron chi connectivity index (χ0n) is 18.6. The molecular formula is C23H23F3N6O3. The van der Waals surface area contributed by atoms with Crippen LogP contribution in [-0.2, 0) is 17.5 Å². The molecule has 0 spiro atoms. The van der Waals surface area contributed by atoms with Crippen molar-refractivity contribution in [3.05, 3.63) is 65.5 Å². The predicted molar refractivity (Wildman–Crippen MR) is 120 cm³/mol. The van der Waals surface area contributed by atoms with Gasteiger partial charge in [-0.3, -0.25) is 19.4 Å². The van der Waals surface area contributed by atoms with Crippen molar-refractivity contribution in [1.29, 1.82) is 0 Å². The number of nitrogens with zero attached hydrogens (tertiary/aromatic N) is 4. The first-order valence-corrected chi connectivity index (χ1v) is 10.8. The van der Waals surface area contributed by atoms with Crippen LogP contribution in [0.1, 0.15) is 21.8 Å². The predicted octanol–water partition coefficient (Wildman–Crippen LogP) is 2.61. The molecule has 0 radical (unpaired) electrons. The van der Waals surface area contributed by atoms with E-state index in [1.165, 1.54) is 12.1 Å². The van der Waals surface area contributed by atoms with E-state index in [1.54, 1.807) is 24.3 Å². The summed E-state index contributed by atoms with van der Waals surface area (Å²) in [6.07, 6.45) is -4.45. The van der Waals surface area contributed by atoms with Crippen LogP contribution in [0, 0.1) is 0 Å². The fourth-order valence-corrected chi connectivity index (χ4v) is 3.69. The summed E-state index contributed by atoms with van der Waals surface area (Å²) in [6.45, 7) is 3.17. The van der Waals surface area contributed by atoms with Crippen LogP contribution in [0.3, 0.4) is 0 Å². The van der Waals surface area contributed by atoms with Gasteiger partial charge in [0.05, 0.1) is 18.7 Å². The van der Waals surface area contributed by atoms with Crippen LogP contribution in [-0.4, -0.2) is 64.5 Å². The van der Waals surface area contributed by atoms with Crippen LogP contribution in [0.5, 0.6) is 0 Å². The zero-order valence-corrected chi connectivity index (χ0v) is 18.6. The zero-order chi connectivity index (χ0) is 25.0. The molecule has 9 nitrogen and oxygen atoms in total. The van der Waals surface area contributed by atoms with Crippen LogP contribution in [0.15, 0.2) is 53.1 Å². The van der Waals surface area contributed by atoms with Gasteiger partial charge in [0, 0.05) is 43.0 Å². The molecule has 0 saturated carbocycles. The number of halogens is 3. The van der Waals surface area contributed by atoms with Crippen molar-refractivity contribution in [2.75, 3.05) is 38.0 Å². The lowest BCUT2D eigenvalue weighted by Gasteiger charge is -2.33. The van der Waals surface area contributed by atoms with Gasteiger partial charge in [-0.1, -0.05) is 17.3 Å². The second-order valence-corrected chi connectivity index (χ2v) is 8.13. The molecule has 4 rings (SSSR count). The molecule has 35 heavy (non-hydrogen) atoms. The average molecular weight is 488 g/mol. The van der Waals surface area contributed by atoms with Crippen LogP contribution >= 0.6 is 0 Å². The number of primary amides is 1. The molecular weight excluding hydrogens is 465 g/mol. The lowest BCUT2D eigenvalue weighted by molar-refractivity contribution is -0.137. The highest BCUT2D eigenvalue weighted by molar-refractivity contribution is 5.95. The van der Waals surface area contributed by atoms with Crippen molar-refractivity contribution < 1.29 is 27.3 Å². The highest BCUT2D eigenvalue weighted by Gasteiger charge is 2.31. The smallest absolute Gasteiger partial charge is 0.366 e. The Hall–Kier alpha value is -3.77. The number of hydrogen-bond donors (Lipinski definition) is 2. The van der Waals surface area contributed by atoms with Crippen LogP contribution in [0.25, 0.3) is 11.4 Å². The Balaban J connectivity index is 1.25. The minimum absolute atomic E-state index is 0.102. The maximum absolute atomic E-state index is 12.9. The molecule has 184 valence electrons. The molecule has 1 aliphatic heterocycles. The van der Waals surface area contributed by atoms with Crippen LogP contribution in [0.2, 0.25) is 0 Å². The van der Waals surface area contributed by atoms with E-state index in [4.69, 9.17) is 10.3 Å². The molecule has 2 heterocycles. The number of carbonyl (C=O) groups is 2. The summed E-state index contributed by atoms with van der Waals surface area (Å²) in [6, 6.07) is 11.1. The fraction of sp³-hybridized carbons (Fsp3) is 0.304. The Bertz CT molecular complexity index is 1190. The highest BCUT2D eigenvalue weighted by Crippen LogP contribution is 2.31. The molecule has 1 aliphatic rings. The standard InChI is InChI=1S/C23H23F3N6O3/c24-23(25,26)17-3-1-2-16(12-17)22-29-20(35-30-22)14-32-10-8-31(9-11-32)13-19(33)28-18-6-4-15(5-7-18)21(27)34/h1-7,12H,8-11,13-14H2,(H2,27,34)(H,28,33). The molecule has 2 amide bonds. The van der Waals surface area contributed by atoms with Gasteiger partial charge in [0.2, 0.25) is 23.5 Å². The third kappa shape index (κ3) is 6.43. The van der Waals surface area contributed by atoms with E-state index in [9.17, 15) is 22.8 Å². The van der Waals surface area contributed by atoms with Gasteiger partial charge in [-0.2, -0.15) is 18.2 Å². The molecule has 0 unspecified atom stereocenters. The highest BCUT2D eigenvalue weighted by atomic mass is 19.4. The largest absolute Gasteiger partial charge is 0.416 e. The lowest BCUT2D eigenvalue weighted by Crippen LogP contribution is -2.48. The van der Waals surface area contributed by atoms with Crippen LogP contribution in [0.4, 0.5) is 18.9 Å². The third-order valence-corrected chi connectivity index (χ3v) is 5.56. The Kier molecular flexibility index (Phi) is 7.12. The summed E-state index contributed by atoms with van der Waals surface area (Å²) in [5.74, 6) is -0.297. The summed E-state index contributed by atoms with van der Waals surface area (Å²) in [5, 5.41) is 6.60. The summed E-state index contributed by atoms with van der Waals surface area (Å²) in [4.78, 5) is 31.8. The number of aromatic nitrogens is 2. The van der Waals surface area contributed by atoms with Gasteiger partial charge in [-0.25, -0.2) is 0 Å². The number of benzene rings is 2.